The van der Waals surface area contributed by atoms with E-state index in [1.54, 1.807) is 0 Å². The molecule has 0 spiro atoms. The Hall–Kier alpha value is -0.980. The van der Waals surface area contributed by atoms with Crippen LogP contribution in [0.3, 0.4) is 0 Å². The second-order valence-corrected chi connectivity index (χ2v) is 4.24. The molecular weight excluding hydrogens is 236 g/mol. The summed E-state index contributed by atoms with van der Waals surface area (Å²) < 4.78 is 10.6. The van der Waals surface area contributed by atoms with Crippen molar-refractivity contribution in [1.82, 2.24) is 0 Å². The molecule has 1 aromatic carbocycles. The van der Waals surface area contributed by atoms with Gasteiger partial charge < -0.3 is 24.8 Å². The molecule has 1 aromatic rings. The molecule has 1 saturated heterocycles. The lowest BCUT2D eigenvalue weighted by Crippen LogP contribution is -2.52. The van der Waals surface area contributed by atoms with Crippen molar-refractivity contribution in [3.05, 3.63) is 42.5 Å². The molecule has 0 aromatic heterocycles. The molecule has 1 aliphatic rings. The Labute approximate surface area is 106 Å². The van der Waals surface area contributed by atoms with Gasteiger partial charge in [-0.05, 0) is 5.56 Å². The number of aliphatic hydroxyl groups is 3. The molecule has 5 nitrogen and oxygen atoms in total. The van der Waals surface area contributed by atoms with E-state index in [0.29, 0.717) is 6.61 Å². The number of hydrogen-bond donors (Lipinski definition) is 3. The van der Waals surface area contributed by atoms with Crippen LogP contribution in [0, 0.1) is 6.61 Å². The van der Waals surface area contributed by atoms with Crippen LogP contribution in [0.25, 0.3) is 0 Å². The van der Waals surface area contributed by atoms with Gasteiger partial charge in [-0.2, -0.15) is 0 Å². The van der Waals surface area contributed by atoms with Gasteiger partial charge in [-0.15, -0.1) is 0 Å². The van der Waals surface area contributed by atoms with Crippen molar-refractivity contribution in [1.29, 1.82) is 0 Å². The molecule has 3 N–H and O–H groups in total. The van der Waals surface area contributed by atoms with Crippen molar-refractivity contribution in [2.24, 2.45) is 0 Å². The third-order valence-corrected chi connectivity index (χ3v) is 2.92. The fourth-order valence-electron chi connectivity index (χ4n) is 1.81. The highest BCUT2D eigenvalue weighted by molar-refractivity contribution is 5.13. The van der Waals surface area contributed by atoms with Gasteiger partial charge in [0.1, 0.15) is 31.0 Å². The summed E-state index contributed by atoms with van der Waals surface area (Å²) in [5.41, 5.74) is 0.969. The van der Waals surface area contributed by atoms with Gasteiger partial charge >= 0.3 is 0 Å². The molecule has 0 saturated carbocycles. The molecule has 1 radical (unpaired) electrons. The summed E-state index contributed by atoms with van der Waals surface area (Å²) in [7, 11) is 0. The molecule has 99 valence electrons. The monoisotopic (exact) mass is 253 g/mol. The second kappa shape index (κ2) is 6.26. The lowest BCUT2D eigenvalue weighted by Gasteiger charge is -2.36. The van der Waals surface area contributed by atoms with E-state index in [9.17, 15) is 10.2 Å². The first-order chi connectivity index (χ1) is 8.72. The quantitative estimate of drug-likeness (QED) is 0.695. The molecule has 2 rings (SSSR count). The standard InChI is InChI=1S/C13H17O5/c14-6-10-12(15)13(16)11(8-18-10)17-7-9-4-2-1-3-5-9/h1-5,8,10-16H,6-7H2/t10-,11+,12-,13-/m1/s1. The average Bonchev–Trinajstić information content (AvgIpc) is 2.42. The van der Waals surface area contributed by atoms with Crippen LogP contribution in [0.1, 0.15) is 5.56 Å². The van der Waals surface area contributed by atoms with Crippen LogP contribution in [-0.4, -0.2) is 46.3 Å². The van der Waals surface area contributed by atoms with E-state index in [2.05, 4.69) is 0 Å². The Morgan fingerprint density at radius 1 is 1.11 bits per heavy atom. The van der Waals surface area contributed by atoms with Crippen molar-refractivity contribution in [3.8, 4) is 0 Å². The topological polar surface area (TPSA) is 79.2 Å². The van der Waals surface area contributed by atoms with Gasteiger partial charge in [-0.25, -0.2) is 0 Å². The SMILES string of the molecule is OC[C@H]1O[CH][C@H](OCc2ccccc2)[C@@H](O)[C@@H]1O. The number of rotatable bonds is 4. The van der Waals surface area contributed by atoms with Gasteiger partial charge in [-0.3, -0.25) is 0 Å². The van der Waals surface area contributed by atoms with E-state index >= 15 is 0 Å². The lowest BCUT2D eigenvalue weighted by atomic mass is 10.0. The molecular formula is C13H17O5. The molecule has 5 heteroatoms. The zero-order valence-corrected chi connectivity index (χ0v) is 9.85. The highest BCUT2D eigenvalue weighted by atomic mass is 16.6. The van der Waals surface area contributed by atoms with Crippen molar-refractivity contribution in [2.75, 3.05) is 6.61 Å². The predicted molar refractivity (Wildman–Crippen MR) is 63.3 cm³/mol. The summed E-state index contributed by atoms with van der Waals surface area (Å²) in [5, 5.41) is 28.4. The largest absolute Gasteiger partial charge is 0.394 e. The highest BCUT2D eigenvalue weighted by Crippen LogP contribution is 2.21. The first kappa shape index (κ1) is 13.5. The summed E-state index contributed by atoms with van der Waals surface area (Å²) in [6.07, 6.45) is -3.75. The van der Waals surface area contributed by atoms with Crippen LogP contribution >= 0.6 is 0 Å². The van der Waals surface area contributed by atoms with Crippen LogP contribution in [0.2, 0.25) is 0 Å². The minimum atomic E-state index is -1.15. The van der Waals surface area contributed by atoms with Crippen LogP contribution in [0.15, 0.2) is 30.3 Å². The van der Waals surface area contributed by atoms with Crippen LogP contribution in [-0.2, 0) is 16.1 Å². The van der Waals surface area contributed by atoms with Crippen molar-refractivity contribution < 1.29 is 24.8 Å². The van der Waals surface area contributed by atoms with Gasteiger partial charge in [-0.1, -0.05) is 30.3 Å². The van der Waals surface area contributed by atoms with Crippen molar-refractivity contribution in [3.63, 3.8) is 0 Å². The maximum absolute atomic E-state index is 9.82. The molecule has 1 heterocycles. The summed E-state index contributed by atoms with van der Waals surface area (Å²) in [4.78, 5) is 0. The molecule has 4 atom stereocenters. The molecule has 0 unspecified atom stereocenters. The summed E-state index contributed by atoms with van der Waals surface area (Å²) in [5.74, 6) is 0. The summed E-state index contributed by atoms with van der Waals surface area (Å²) >= 11 is 0. The molecule has 1 aliphatic heterocycles. The first-order valence-electron chi connectivity index (χ1n) is 5.83. The first-order valence-corrected chi connectivity index (χ1v) is 5.83. The third-order valence-electron chi connectivity index (χ3n) is 2.92. The maximum atomic E-state index is 9.82. The van der Waals surface area contributed by atoms with Crippen molar-refractivity contribution >= 4 is 0 Å². The van der Waals surface area contributed by atoms with Gasteiger partial charge in [0.15, 0.2) is 0 Å². The van der Waals surface area contributed by atoms with Crippen molar-refractivity contribution in [2.45, 2.75) is 31.0 Å². The smallest absolute Gasteiger partial charge is 0.116 e. The minimum absolute atomic E-state index is 0.318. The van der Waals surface area contributed by atoms with E-state index in [1.807, 2.05) is 30.3 Å². The number of aliphatic hydroxyl groups excluding tert-OH is 3. The second-order valence-electron chi connectivity index (χ2n) is 4.24. The molecule has 0 amide bonds. The lowest BCUT2D eigenvalue weighted by molar-refractivity contribution is -0.186. The zero-order valence-electron chi connectivity index (χ0n) is 9.85. The van der Waals surface area contributed by atoms with Gasteiger partial charge in [0, 0.05) is 0 Å². The normalized spacial score (nSPS) is 32.4. The number of ether oxygens (including phenoxy) is 2. The Kier molecular flexibility index (Phi) is 4.68. The fraction of sp³-hybridized carbons (Fsp3) is 0.462. The van der Waals surface area contributed by atoms with Crippen LogP contribution in [0.4, 0.5) is 0 Å². The van der Waals surface area contributed by atoms with E-state index in [-0.39, 0.29) is 6.61 Å². The van der Waals surface area contributed by atoms with Gasteiger partial charge in [0.05, 0.1) is 13.2 Å². The Balaban J connectivity index is 1.87. The highest BCUT2D eigenvalue weighted by Gasteiger charge is 2.39. The Morgan fingerprint density at radius 2 is 1.83 bits per heavy atom. The maximum Gasteiger partial charge on any atom is 0.116 e. The average molecular weight is 253 g/mol. The molecule has 0 aliphatic carbocycles. The Bertz CT molecular complexity index is 356. The number of hydrogen-bond acceptors (Lipinski definition) is 5. The van der Waals surface area contributed by atoms with Crippen LogP contribution in [0.5, 0.6) is 0 Å². The molecule has 0 bridgehead atoms. The van der Waals surface area contributed by atoms with Gasteiger partial charge in [0.2, 0.25) is 0 Å². The number of benzene rings is 1. The van der Waals surface area contributed by atoms with Gasteiger partial charge in [0.25, 0.3) is 0 Å². The zero-order chi connectivity index (χ0) is 13.0. The third kappa shape index (κ3) is 3.07. The molecule has 18 heavy (non-hydrogen) atoms. The predicted octanol–water partition coefficient (Wildman–Crippen LogP) is -0.154. The van der Waals surface area contributed by atoms with Crippen LogP contribution < -0.4 is 0 Å². The molecule has 1 fully saturated rings. The summed E-state index contributed by atoms with van der Waals surface area (Å²) in [6, 6.07) is 9.51. The summed E-state index contributed by atoms with van der Waals surface area (Å²) in [6.45, 7) is 1.29. The fourth-order valence-corrected chi connectivity index (χ4v) is 1.81. The van der Waals surface area contributed by atoms with E-state index in [0.717, 1.165) is 5.56 Å². The Morgan fingerprint density at radius 3 is 2.50 bits per heavy atom. The van der Waals surface area contributed by atoms with E-state index in [4.69, 9.17) is 14.6 Å². The van der Waals surface area contributed by atoms with E-state index < -0.39 is 24.4 Å². The van der Waals surface area contributed by atoms with E-state index in [1.165, 1.54) is 6.61 Å². The minimum Gasteiger partial charge on any atom is -0.394 e.